The van der Waals surface area contributed by atoms with Crippen molar-refractivity contribution in [3.05, 3.63) is 166 Å². The summed E-state index contributed by atoms with van der Waals surface area (Å²) in [5.41, 5.74) is 21.1. The van der Waals surface area contributed by atoms with Gasteiger partial charge in [-0.15, -0.1) is 0 Å². The van der Waals surface area contributed by atoms with Crippen molar-refractivity contribution in [3.63, 3.8) is 0 Å². The van der Waals surface area contributed by atoms with Crippen molar-refractivity contribution < 1.29 is 0 Å². The van der Waals surface area contributed by atoms with E-state index in [1.807, 2.05) is 0 Å². The lowest BCUT2D eigenvalue weighted by molar-refractivity contribution is 1.07. The Hall–Kier alpha value is -5.87. The van der Waals surface area contributed by atoms with Gasteiger partial charge >= 0.3 is 0 Å². The number of aryl methyl sites for hydroxylation is 8. The van der Waals surface area contributed by atoms with Gasteiger partial charge in [-0.05, 0) is 103 Å². The van der Waals surface area contributed by atoms with Crippen molar-refractivity contribution in [2.24, 2.45) is 0 Å². The number of aromatic nitrogens is 3. The molecule has 4 heteroatoms. The van der Waals surface area contributed by atoms with Crippen molar-refractivity contribution in [2.45, 2.75) is 55.4 Å². The van der Waals surface area contributed by atoms with Gasteiger partial charge in [-0.2, -0.15) is 0 Å². The van der Waals surface area contributed by atoms with Gasteiger partial charge in [0.2, 0.25) is 0 Å². The number of fused-ring (bicyclic) bond motifs is 7. The maximum Gasteiger partial charge on any atom is 0.266 e. The highest BCUT2D eigenvalue weighted by Crippen LogP contribution is 2.42. The number of benzene rings is 6. The van der Waals surface area contributed by atoms with Crippen LogP contribution in [0.25, 0.3) is 55.0 Å². The molecule has 0 saturated heterocycles. The molecule has 258 valence electrons. The largest absolute Gasteiger partial charge is 0.309 e. The summed E-state index contributed by atoms with van der Waals surface area (Å²) in [6, 6.07) is 44.8. The smallest absolute Gasteiger partial charge is 0.266 e. The predicted molar refractivity (Wildman–Crippen MR) is 228 cm³/mol. The summed E-state index contributed by atoms with van der Waals surface area (Å²) in [6.07, 6.45) is 0. The van der Waals surface area contributed by atoms with E-state index < -0.39 is 0 Å². The molecule has 0 N–H and O–H groups in total. The molecule has 0 fully saturated rings. The van der Waals surface area contributed by atoms with E-state index in [0.29, 0.717) is 0 Å². The van der Waals surface area contributed by atoms with Crippen molar-refractivity contribution >= 4 is 66.8 Å². The Morgan fingerprint density at radius 2 is 0.887 bits per heavy atom. The summed E-state index contributed by atoms with van der Waals surface area (Å²) in [7, 11) is 0. The van der Waals surface area contributed by atoms with Gasteiger partial charge in [0.1, 0.15) is 0 Å². The molecule has 0 aliphatic heterocycles. The summed E-state index contributed by atoms with van der Waals surface area (Å²) in [5, 5.41) is 5.08. The highest BCUT2D eigenvalue weighted by molar-refractivity contribution is 6.96. The molecule has 9 aromatic rings. The molecule has 3 aromatic heterocycles. The van der Waals surface area contributed by atoms with Crippen LogP contribution in [0.4, 0.5) is 0 Å². The van der Waals surface area contributed by atoms with Crippen LogP contribution in [0.15, 0.2) is 121 Å². The third kappa shape index (κ3) is 5.07. The first-order valence-corrected chi connectivity index (χ1v) is 18.8. The summed E-state index contributed by atoms with van der Waals surface area (Å²) < 4.78 is 4.88. The lowest BCUT2D eigenvalue weighted by Gasteiger charge is -2.25. The van der Waals surface area contributed by atoms with Crippen molar-refractivity contribution in [2.75, 3.05) is 0 Å². The Balaban J connectivity index is 1.33. The second-order valence-electron chi connectivity index (χ2n) is 15.3. The molecule has 0 spiro atoms. The van der Waals surface area contributed by atoms with E-state index in [-0.39, 0.29) is 6.71 Å². The third-order valence-corrected chi connectivity index (χ3v) is 11.4. The summed E-state index contributed by atoms with van der Waals surface area (Å²) in [5.74, 6) is 0. The maximum atomic E-state index is 5.60. The Kier molecular flexibility index (Phi) is 7.71. The summed E-state index contributed by atoms with van der Waals surface area (Å²) >= 11 is 0. The van der Waals surface area contributed by atoms with Gasteiger partial charge in [0.15, 0.2) is 0 Å². The normalized spacial score (nSPS) is 11.8. The maximum absolute atomic E-state index is 5.60. The first-order chi connectivity index (χ1) is 25.6. The van der Waals surface area contributed by atoms with Gasteiger partial charge in [0.05, 0.1) is 33.4 Å². The molecule has 0 unspecified atom stereocenters. The Labute approximate surface area is 312 Å². The second kappa shape index (κ2) is 12.4. The van der Waals surface area contributed by atoms with Crippen LogP contribution in [-0.4, -0.2) is 20.8 Å². The molecule has 6 aromatic carbocycles. The Morgan fingerprint density at radius 3 is 1.40 bits per heavy atom. The SMILES string of the molecule is Cc1cc(C)c(B(c2cc(C)c(-n3c4ccccc4c4c5c6ccccc6n(-c6ccccc6)c5ccc43)c(C)n2)c2c(C)cc(C)cc2C)c(C)c1. The molecular formula is C49H44BN3. The van der Waals surface area contributed by atoms with E-state index in [1.165, 1.54) is 99.2 Å². The van der Waals surface area contributed by atoms with Crippen molar-refractivity contribution in [1.82, 2.24) is 14.1 Å². The number of hydrogen-bond acceptors (Lipinski definition) is 1. The minimum Gasteiger partial charge on any atom is -0.309 e. The lowest BCUT2D eigenvalue weighted by Crippen LogP contribution is -2.57. The van der Waals surface area contributed by atoms with Crippen LogP contribution in [-0.2, 0) is 0 Å². The van der Waals surface area contributed by atoms with Gasteiger partial charge in [-0.25, -0.2) is 0 Å². The standard InChI is InChI=1S/C49H44BN3/c1-29-24-31(3)47(32(4)25-29)50(48-33(5)26-30(2)27-34(48)6)44-28-35(7)49(36(8)51-44)53-41-21-15-13-19-39(41)46-43(53)23-22-42-45(46)38-18-12-14-20-40(38)52(42)37-16-10-9-11-17-37/h9-28H,1-8H3. The zero-order valence-electron chi connectivity index (χ0n) is 32.0. The van der Waals surface area contributed by atoms with Crippen LogP contribution in [0.1, 0.15) is 44.6 Å². The van der Waals surface area contributed by atoms with Crippen LogP contribution >= 0.6 is 0 Å². The first-order valence-electron chi connectivity index (χ1n) is 18.8. The molecule has 0 atom stereocenters. The molecule has 0 radical (unpaired) electrons. The van der Waals surface area contributed by atoms with Gasteiger partial charge in [-0.1, -0.05) is 123 Å². The van der Waals surface area contributed by atoms with Crippen LogP contribution in [0.2, 0.25) is 0 Å². The second-order valence-corrected chi connectivity index (χ2v) is 15.3. The zero-order chi connectivity index (χ0) is 36.7. The third-order valence-electron chi connectivity index (χ3n) is 11.4. The molecule has 9 rings (SSSR count). The monoisotopic (exact) mass is 685 g/mol. The van der Waals surface area contributed by atoms with E-state index in [2.05, 4.69) is 186 Å². The molecular weight excluding hydrogens is 641 g/mol. The zero-order valence-corrected chi connectivity index (χ0v) is 32.0. The molecule has 0 saturated carbocycles. The van der Waals surface area contributed by atoms with Crippen molar-refractivity contribution in [1.29, 1.82) is 0 Å². The lowest BCUT2D eigenvalue weighted by atomic mass is 9.35. The minimum absolute atomic E-state index is 0.0181. The number of hydrogen-bond donors (Lipinski definition) is 0. The average molecular weight is 686 g/mol. The molecule has 3 heterocycles. The fourth-order valence-electron chi connectivity index (χ4n) is 9.69. The van der Waals surface area contributed by atoms with E-state index >= 15 is 0 Å². The quantitative estimate of drug-likeness (QED) is 0.165. The molecule has 53 heavy (non-hydrogen) atoms. The van der Waals surface area contributed by atoms with Crippen LogP contribution in [0.5, 0.6) is 0 Å². The van der Waals surface area contributed by atoms with Gasteiger partial charge < -0.3 is 9.13 Å². The number of rotatable bonds is 5. The molecule has 0 aliphatic carbocycles. The van der Waals surface area contributed by atoms with Crippen molar-refractivity contribution in [3.8, 4) is 11.4 Å². The van der Waals surface area contributed by atoms with E-state index in [1.54, 1.807) is 0 Å². The topological polar surface area (TPSA) is 22.8 Å². The van der Waals surface area contributed by atoms with Gasteiger partial charge in [-0.3, -0.25) is 4.98 Å². The Bertz CT molecular complexity index is 2800. The average Bonchev–Trinajstić information content (AvgIpc) is 3.63. The fraction of sp³-hybridized carbons (Fsp3) is 0.163. The highest BCUT2D eigenvalue weighted by Gasteiger charge is 2.31. The highest BCUT2D eigenvalue weighted by atomic mass is 15.0. The summed E-state index contributed by atoms with van der Waals surface area (Å²) in [4.78, 5) is 5.60. The van der Waals surface area contributed by atoms with E-state index in [9.17, 15) is 0 Å². The molecule has 0 amide bonds. The molecule has 0 bridgehead atoms. The van der Waals surface area contributed by atoms with Crippen LogP contribution in [0, 0.1) is 55.4 Å². The van der Waals surface area contributed by atoms with Gasteiger partial charge in [0, 0.05) is 32.8 Å². The number of nitrogens with zero attached hydrogens (tertiary/aromatic N) is 3. The summed E-state index contributed by atoms with van der Waals surface area (Å²) in [6.45, 7) is 18.0. The van der Waals surface area contributed by atoms with Crippen LogP contribution < -0.4 is 16.5 Å². The van der Waals surface area contributed by atoms with E-state index in [0.717, 1.165) is 17.0 Å². The number of para-hydroxylation sites is 3. The predicted octanol–water partition coefficient (Wildman–Crippen LogP) is 10.3. The Morgan fingerprint density at radius 1 is 0.434 bits per heavy atom. The fourth-order valence-corrected chi connectivity index (χ4v) is 9.69. The first kappa shape index (κ1) is 33.0. The molecule has 3 nitrogen and oxygen atoms in total. The number of pyridine rings is 1. The molecule has 0 aliphatic rings. The van der Waals surface area contributed by atoms with Crippen LogP contribution in [0.3, 0.4) is 0 Å². The van der Waals surface area contributed by atoms with E-state index in [4.69, 9.17) is 4.98 Å². The van der Waals surface area contributed by atoms with Gasteiger partial charge in [0.25, 0.3) is 6.71 Å². The minimum atomic E-state index is 0.0181.